The molecule has 6 heavy (non-hydrogen) atoms. The van der Waals surface area contributed by atoms with Crippen LogP contribution in [0.3, 0.4) is 0 Å². The predicted molar refractivity (Wildman–Crippen MR) is 37.1 cm³/mol. The van der Waals surface area contributed by atoms with Crippen LogP contribution in [-0.2, 0) is 0 Å². The molecule has 0 aromatic rings. The van der Waals surface area contributed by atoms with Gasteiger partial charge < -0.3 is 0 Å². The number of hydrogen-bond acceptors (Lipinski definition) is 1. The van der Waals surface area contributed by atoms with Gasteiger partial charge in [0.05, 0.1) is 0 Å². The van der Waals surface area contributed by atoms with Crippen LogP contribution in [0.15, 0.2) is 0 Å². The fourth-order valence-electron chi connectivity index (χ4n) is 0.207. The first-order valence-electron chi connectivity index (χ1n) is 1.60. The molecule has 1 rings (SSSR count). The van der Waals surface area contributed by atoms with Crippen LogP contribution < -0.4 is 21.2 Å². The fourth-order valence-corrected chi connectivity index (χ4v) is 14.0. The zero-order chi connectivity index (χ0) is 4.24. The van der Waals surface area contributed by atoms with Crippen molar-refractivity contribution >= 4 is 32.7 Å². The Bertz CT molecular complexity index is 56.6. The van der Waals surface area contributed by atoms with E-state index in [1.165, 1.54) is 4.33 Å². The second kappa shape index (κ2) is 3.83. The zero-order valence-corrected chi connectivity index (χ0v) is 8.29. The van der Waals surface area contributed by atoms with E-state index in [2.05, 4.69) is 13.6 Å². The molecule has 1 aliphatic rings. The van der Waals surface area contributed by atoms with E-state index in [9.17, 15) is 0 Å². The zero-order valence-electron chi connectivity index (χ0n) is 3.16. The predicted octanol–water partition coefficient (Wildman–Crippen LogP) is -1.76. The van der Waals surface area contributed by atoms with Gasteiger partial charge in [0.2, 0.25) is 0 Å². The Morgan fingerprint density at radius 2 is 2.83 bits per heavy atom. The van der Waals surface area contributed by atoms with E-state index in [1.807, 2.05) is 0 Å². The Kier molecular flexibility index (Phi) is 3.83. The van der Waals surface area contributed by atoms with Crippen molar-refractivity contribution in [2.24, 2.45) is 0 Å². The minimum absolute atomic E-state index is 0.534. The van der Waals surface area contributed by atoms with Gasteiger partial charge in [0.1, 0.15) is 0 Å². The van der Waals surface area contributed by atoms with Crippen molar-refractivity contribution < 1.29 is 21.2 Å². The van der Waals surface area contributed by atoms with Crippen LogP contribution in [0.4, 0.5) is 0 Å². The Hall–Kier alpha value is 1.87. The molecule has 0 bridgehead atoms. The van der Waals surface area contributed by atoms with Crippen LogP contribution in [0.5, 0.6) is 0 Å². The molecule has 1 heterocycles. The molecule has 0 aromatic heterocycles. The minimum atomic E-state index is 0.534. The summed E-state index contributed by atoms with van der Waals surface area (Å²) in [4.78, 5) is 0. The maximum atomic E-state index is 2.51. The number of hydrogen-bond donors (Lipinski definition) is 0. The van der Waals surface area contributed by atoms with Crippen LogP contribution in [0.1, 0.15) is 0 Å². The van der Waals surface area contributed by atoms with Crippen LogP contribution in [-0.4, -0.2) is 12.8 Å². The van der Waals surface area contributed by atoms with Gasteiger partial charge in [-0.1, -0.05) is 0 Å². The monoisotopic (exact) mass is 325 g/mol. The van der Waals surface area contributed by atoms with E-state index >= 15 is 0 Å². The van der Waals surface area contributed by atoms with Gasteiger partial charge in [0.25, 0.3) is 0 Å². The van der Waals surface area contributed by atoms with Gasteiger partial charge in [-0.3, -0.25) is 0 Å². The molecule has 0 saturated heterocycles. The molecule has 0 fully saturated rings. The molecule has 0 unspecified atom stereocenters. The maximum absolute atomic E-state index is 2.51. The summed E-state index contributed by atoms with van der Waals surface area (Å²) in [6.45, 7) is 0. The van der Waals surface area contributed by atoms with Crippen LogP contribution in [0.2, 0.25) is 0 Å². The van der Waals surface area contributed by atoms with E-state index in [4.69, 9.17) is 0 Å². The van der Waals surface area contributed by atoms with Crippen LogP contribution in [0.25, 0.3) is 0 Å². The molecule has 0 spiro atoms. The van der Waals surface area contributed by atoms with Crippen molar-refractivity contribution in [2.75, 3.05) is 8.09 Å². The topological polar surface area (TPSA) is 0 Å². The summed E-state index contributed by atoms with van der Waals surface area (Å²) < 4.78 is 5.57. The van der Waals surface area contributed by atoms with Crippen molar-refractivity contribution in [3.05, 3.63) is 0 Å². The Balaban J connectivity index is 2.26. The van der Waals surface area contributed by atoms with Gasteiger partial charge in [-0.25, -0.2) is 0 Å². The van der Waals surface area contributed by atoms with Gasteiger partial charge in [0, 0.05) is 0 Å². The van der Waals surface area contributed by atoms with Gasteiger partial charge in [-0.2, -0.15) is 0 Å². The molecule has 36 valence electrons. The average Bonchev–Trinajstić information content (AvgIpc) is 1.72. The summed E-state index contributed by atoms with van der Waals surface area (Å²) in [5.41, 5.74) is 0. The summed E-state index contributed by atoms with van der Waals surface area (Å²) in [6.07, 6.45) is 0. The number of rotatable bonds is 0. The molecule has 4 heteroatoms. The summed E-state index contributed by atoms with van der Waals surface area (Å²) in [6, 6.07) is 0. The summed E-state index contributed by atoms with van der Waals surface area (Å²) in [5.74, 6) is 0. The first kappa shape index (κ1) is 6.00. The standard InChI is InChI=1S/C2H4BI2S/c1-3-5-6-2-4-1/h1-2H2/q-1. The van der Waals surface area contributed by atoms with Crippen molar-refractivity contribution in [2.45, 2.75) is 0 Å². The molecule has 0 nitrogen and oxygen atoms in total. The Morgan fingerprint density at radius 3 is 3.00 bits per heavy atom. The van der Waals surface area contributed by atoms with Gasteiger partial charge in [-0.15, -0.1) is 0 Å². The first-order chi connectivity index (χ1) is 3.00. The number of alkyl halides is 2. The SMILES string of the molecule is B1=ISC[I-]C1. The van der Waals surface area contributed by atoms with E-state index in [0.29, 0.717) is 40.3 Å². The molecule has 0 saturated carbocycles. The molecular weight excluding hydrogens is 321 g/mol. The van der Waals surface area contributed by atoms with E-state index in [-0.39, 0.29) is 0 Å². The van der Waals surface area contributed by atoms with Crippen LogP contribution >= 0.6 is 28.0 Å². The van der Waals surface area contributed by atoms with Crippen LogP contribution in [0, 0.1) is 0 Å². The molecule has 0 aromatic carbocycles. The van der Waals surface area contributed by atoms with Gasteiger partial charge in [0.15, 0.2) is 0 Å². The quantitative estimate of drug-likeness (QED) is 0.289. The Labute approximate surface area is 61.2 Å². The van der Waals surface area contributed by atoms with Gasteiger partial charge >= 0.3 is 62.0 Å². The molecule has 0 radical (unpaired) electrons. The number of halogens is 2. The third-order valence-corrected chi connectivity index (χ3v) is 13.0. The van der Waals surface area contributed by atoms with Crippen molar-refractivity contribution in [1.29, 1.82) is 0 Å². The average molecular weight is 325 g/mol. The third-order valence-electron chi connectivity index (χ3n) is 0.412. The molecule has 0 aliphatic carbocycles. The molecule has 0 N–H and O–H groups in total. The summed E-state index contributed by atoms with van der Waals surface area (Å²) in [7, 11) is 2.20. The normalized spacial score (nSPS) is 22.7. The summed E-state index contributed by atoms with van der Waals surface area (Å²) in [5, 5.41) is 0. The van der Waals surface area contributed by atoms with Crippen molar-refractivity contribution in [3.8, 4) is 0 Å². The van der Waals surface area contributed by atoms with Crippen molar-refractivity contribution in [3.63, 3.8) is 0 Å². The molecule has 1 aliphatic heterocycles. The third kappa shape index (κ3) is 2.25. The van der Waals surface area contributed by atoms with Gasteiger partial charge in [-0.05, 0) is 0 Å². The van der Waals surface area contributed by atoms with E-state index in [0.717, 1.165) is 0 Å². The first-order valence-corrected chi connectivity index (χ1v) is 9.43. The molecule has 0 atom stereocenters. The summed E-state index contributed by atoms with van der Waals surface area (Å²) >= 11 is 1.18. The molecular formula is C2H4BI2S-. The van der Waals surface area contributed by atoms with E-state index in [1.54, 1.807) is 3.76 Å². The van der Waals surface area contributed by atoms with E-state index < -0.39 is 0 Å². The second-order valence-corrected chi connectivity index (χ2v) is 9.52. The second-order valence-electron chi connectivity index (χ2n) is 0.805. The Morgan fingerprint density at radius 1 is 1.83 bits per heavy atom. The fraction of sp³-hybridized carbons (Fsp3) is 1.00. The van der Waals surface area contributed by atoms with Crippen molar-refractivity contribution in [1.82, 2.24) is 0 Å². The molecule has 0 amide bonds.